The van der Waals surface area contributed by atoms with Gasteiger partial charge in [0.2, 0.25) is 0 Å². The first kappa shape index (κ1) is 26.5. The Labute approximate surface area is 245 Å². The van der Waals surface area contributed by atoms with Gasteiger partial charge in [0.05, 0.1) is 23.9 Å². The van der Waals surface area contributed by atoms with Crippen molar-refractivity contribution < 1.29 is 9.47 Å². The molecule has 40 heavy (non-hydrogen) atoms. The summed E-state index contributed by atoms with van der Waals surface area (Å²) in [5.41, 5.74) is 7.85. The zero-order valence-electron chi connectivity index (χ0n) is 22.4. The number of aryl methyl sites for hydroxylation is 1. The zero-order chi connectivity index (χ0) is 27.6. The summed E-state index contributed by atoms with van der Waals surface area (Å²) >= 11 is 12.7. The molecule has 0 bridgehead atoms. The van der Waals surface area contributed by atoms with Crippen LogP contribution in [0, 0.1) is 12.8 Å². The summed E-state index contributed by atoms with van der Waals surface area (Å²) in [4.78, 5) is 4.70. The molecule has 0 saturated carbocycles. The molecule has 4 nitrogen and oxygen atoms in total. The molecule has 4 aromatic rings. The maximum absolute atomic E-state index is 6.58. The van der Waals surface area contributed by atoms with E-state index in [4.69, 9.17) is 37.7 Å². The number of rotatable bonds is 7. The van der Waals surface area contributed by atoms with Crippen molar-refractivity contribution in [2.24, 2.45) is 10.9 Å². The molecule has 2 aliphatic rings. The molecular formula is C34H30Cl2N2O2. The summed E-state index contributed by atoms with van der Waals surface area (Å²) in [5, 5.41) is 4.93. The summed E-state index contributed by atoms with van der Waals surface area (Å²) in [6.07, 6.45) is 7.57. The number of nitrogens with one attached hydrogen (secondary N) is 1. The highest BCUT2D eigenvalue weighted by molar-refractivity contribution is 6.32. The number of halogens is 2. The van der Waals surface area contributed by atoms with Crippen molar-refractivity contribution in [1.29, 1.82) is 0 Å². The Morgan fingerprint density at radius 1 is 1.00 bits per heavy atom. The maximum atomic E-state index is 6.58. The second-order valence-corrected chi connectivity index (χ2v) is 11.2. The van der Waals surface area contributed by atoms with Crippen molar-refractivity contribution in [1.82, 2.24) is 0 Å². The van der Waals surface area contributed by atoms with Gasteiger partial charge in [0.15, 0.2) is 11.5 Å². The molecule has 0 spiro atoms. The second-order valence-electron chi connectivity index (χ2n) is 10.4. The lowest BCUT2D eigenvalue weighted by molar-refractivity contribution is 0.284. The highest BCUT2D eigenvalue weighted by Crippen LogP contribution is 2.50. The molecule has 3 atom stereocenters. The molecule has 6 rings (SSSR count). The fraction of sp³-hybridized carbons (Fsp3) is 0.206. The number of benzene rings is 4. The fourth-order valence-corrected chi connectivity index (χ4v) is 6.18. The van der Waals surface area contributed by atoms with E-state index in [-0.39, 0.29) is 6.04 Å². The third kappa shape index (κ3) is 5.47. The number of nitrogens with zero attached hydrogens (tertiary/aromatic N) is 1. The lowest BCUT2D eigenvalue weighted by Gasteiger charge is -2.37. The quantitative estimate of drug-likeness (QED) is 0.178. The number of ether oxygens (including phenoxy) is 2. The molecule has 0 amide bonds. The number of anilines is 1. The van der Waals surface area contributed by atoms with Crippen molar-refractivity contribution >= 4 is 40.8 Å². The molecule has 6 heteroatoms. The van der Waals surface area contributed by atoms with E-state index in [1.165, 1.54) is 22.4 Å². The Morgan fingerprint density at radius 3 is 2.65 bits per heavy atom. The molecule has 0 radical (unpaired) electrons. The minimum atomic E-state index is 0.260. The lowest BCUT2D eigenvalue weighted by atomic mass is 9.76. The van der Waals surface area contributed by atoms with Crippen LogP contribution in [0.2, 0.25) is 10.0 Å². The van der Waals surface area contributed by atoms with E-state index in [9.17, 15) is 0 Å². The summed E-state index contributed by atoms with van der Waals surface area (Å²) in [6.45, 7) is 2.49. The van der Waals surface area contributed by atoms with Crippen LogP contribution in [0.5, 0.6) is 11.5 Å². The maximum Gasteiger partial charge on any atom is 0.180 e. The Balaban J connectivity index is 1.17. The minimum absolute atomic E-state index is 0.260. The van der Waals surface area contributed by atoms with Crippen molar-refractivity contribution in [3.05, 3.63) is 129 Å². The molecule has 1 aliphatic heterocycles. The minimum Gasteiger partial charge on any atom is -0.493 e. The summed E-state index contributed by atoms with van der Waals surface area (Å²) in [6, 6.07) is 26.7. The first-order valence-corrected chi connectivity index (χ1v) is 14.2. The standard InChI is InChI=1S/C34H30Cl2N2O2/c1-21-9-14-31-29(15-21)27-7-4-8-28(27)33(38-31)24-10-12-26(13-11-24)37-19-23-17-30(36)34(32(18-23)39-2)40-20-22-5-3-6-25(35)16-22/h3-7,9-19,27-28,33,38H,8,20H2,1-2H3/t27-,28+,33-/m0/s1. The number of allylic oxidation sites excluding steroid dienone is 2. The van der Waals surface area contributed by atoms with Crippen LogP contribution in [-0.4, -0.2) is 13.3 Å². The number of hydrogen-bond donors (Lipinski definition) is 1. The predicted molar refractivity (Wildman–Crippen MR) is 165 cm³/mol. The van der Waals surface area contributed by atoms with Gasteiger partial charge in [-0.15, -0.1) is 0 Å². The monoisotopic (exact) mass is 568 g/mol. The fourth-order valence-electron chi connectivity index (χ4n) is 5.70. The average Bonchev–Trinajstić information content (AvgIpc) is 3.46. The van der Waals surface area contributed by atoms with Crippen LogP contribution in [-0.2, 0) is 6.61 Å². The van der Waals surface area contributed by atoms with Crippen molar-refractivity contribution in [3.63, 3.8) is 0 Å². The van der Waals surface area contributed by atoms with E-state index in [1.54, 1.807) is 13.3 Å². The third-order valence-electron chi connectivity index (χ3n) is 7.66. The van der Waals surface area contributed by atoms with E-state index in [0.717, 1.165) is 23.2 Å². The smallest absolute Gasteiger partial charge is 0.180 e. The van der Waals surface area contributed by atoms with E-state index < -0.39 is 0 Å². The van der Waals surface area contributed by atoms with Gasteiger partial charge < -0.3 is 14.8 Å². The van der Waals surface area contributed by atoms with Gasteiger partial charge in [0.1, 0.15) is 6.61 Å². The second kappa shape index (κ2) is 11.4. The topological polar surface area (TPSA) is 42.8 Å². The van der Waals surface area contributed by atoms with Crippen LogP contribution in [0.3, 0.4) is 0 Å². The summed E-state index contributed by atoms with van der Waals surface area (Å²) < 4.78 is 11.5. The van der Waals surface area contributed by atoms with Crippen LogP contribution in [0.15, 0.2) is 96.0 Å². The Hall–Kier alpha value is -3.73. The van der Waals surface area contributed by atoms with E-state index >= 15 is 0 Å². The largest absolute Gasteiger partial charge is 0.493 e. The number of aliphatic imine (C=N–C) groups is 1. The van der Waals surface area contributed by atoms with E-state index in [2.05, 4.69) is 66.9 Å². The average molecular weight is 570 g/mol. The highest BCUT2D eigenvalue weighted by Gasteiger charge is 2.37. The van der Waals surface area contributed by atoms with Gasteiger partial charge in [0.25, 0.3) is 0 Å². The van der Waals surface area contributed by atoms with E-state index in [1.807, 2.05) is 36.4 Å². The summed E-state index contributed by atoms with van der Waals surface area (Å²) in [5.74, 6) is 2.00. The van der Waals surface area contributed by atoms with Gasteiger partial charge in [-0.2, -0.15) is 0 Å². The zero-order valence-corrected chi connectivity index (χ0v) is 23.9. The van der Waals surface area contributed by atoms with Gasteiger partial charge in [-0.05, 0) is 84.0 Å². The highest BCUT2D eigenvalue weighted by atomic mass is 35.5. The first-order chi connectivity index (χ1) is 19.5. The van der Waals surface area contributed by atoms with Crippen LogP contribution in [0.25, 0.3) is 0 Å². The van der Waals surface area contributed by atoms with E-state index in [0.29, 0.717) is 40.0 Å². The van der Waals surface area contributed by atoms with Gasteiger partial charge in [-0.25, -0.2) is 0 Å². The Bertz CT molecular complexity index is 1600. The Morgan fingerprint density at radius 2 is 1.85 bits per heavy atom. The van der Waals surface area contributed by atoms with Crippen molar-refractivity contribution in [2.75, 3.05) is 12.4 Å². The summed E-state index contributed by atoms with van der Waals surface area (Å²) in [7, 11) is 1.60. The molecule has 0 unspecified atom stereocenters. The molecule has 1 heterocycles. The molecule has 0 fully saturated rings. The number of fused-ring (bicyclic) bond motifs is 3. The Kier molecular flexibility index (Phi) is 7.55. The van der Waals surface area contributed by atoms with Gasteiger partial charge in [0, 0.05) is 22.8 Å². The van der Waals surface area contributed by atoms with Crippen LogP contribution in [0.1, 0.15) is 46.2 Å². The molecule has 4 aromatic carbocycles. The van der Waals surface area contributed by atoms with Crippen LogP contribution in [0.4, 0.5) is 11.4 Å². The predicted octanol–water partition coefficient (Wildman–Crippen LogP) is 9.47. The molecular weight excluding hydrogens is 539 g/mol. The van der Waals surface area contributed by atoms with Gasteiger partial charge >= 0.3 is 0 Å². The molecule has 0 aromatic heterocycles. The molecule has 1 N–H and O–H groups in total. The lowest BCUT2D eigenvalue weighted by Crippen LogP contribution is -2.29. The van der Waals surface area contributed by atoms with Crippen molar-refractivity contribution in [3.8, 4) is 11.5 Å². The van der Waals surface area contributed by atoms with Gasteiger partial charge in [-0.3, -0.25) is 4.99 Å². The van der Waals surface area contributed by atoms with Crippen molar-refractivity contribution in [2.45, 2.75) is 31.9 Å². The normalized spacial score (nSPS) is 19.2. The number of hydrogen-bond acceptors (Lipinski definition) is 4. The SMILES string of the molecule is COc1cc(C=Nc2ccc([C@@H]3Nc4ccc(C)cc4[C@H]4C=CC[C@H]43)cc2)cc(Cl)c1OCc1cccc(Cl)c1. The molecule has 0 saturated heterocycles. The van der Waals surface area contributed by atoms with Crippen LogP contribution >= 0.6 is 23.2 Å². The van der Waals surface area contributed by atoms with Crippen LogP contribution < -0.4 is 14.8 Å². The molecule has 202 valence electrons. The third-order valence-corrected chi connectivity index (χ3v) is 8.17. The first-order valence-electron chi connectivity index (χ1n) is 13.4. The molecule has 1 aliphatic carbocycles. The van der Waals surface area contributed by atoms with Gasteiger partial charge in [-0.1, -0.05) is 77.3 Å². The number of methoxy groups -OCH3 is 1.